The second-order valence-corrected chi connectivity index (χ2v) is 3.42. The zero-order chi connectivity index (χ0) is 10.7. The molecule has 1 rings (SSSR count). The molecule has 0 aliphatic heterocycles. The van der Waals surface area contributed by atoms with Crippen molar-refractivity contribution < 1.29 is 0 Å². The van der Waals surface area contributed by atoms with Gasteiger partial charge in [0.2, 0.25) is 0 Å². The number of anilines is 2. The molecule has 0 radical (unpaired) electrons. The van der Waals surface area contributed by atoms with Crippen molar-refractivity contribution in [3.63, 3.8) is 0 Å². The lowest BCUT2D eigenvalue weighted by atomic mass is 10.2. The highest BCUT2D eigenvalue weighted by molar-refractivity contribution is 5.58. The summed E-state index contributed by atoms with van der Waals surface area (Å²) >= 11 is 0. The number of hydrogen-bond acceptors (Lipinski definition) is 4. The molecular formula is C10H18N4. The van der Waals surface area contributed by atoms with E-state index in [0.29, 0.717) is 0 Å². The van der Waals surface area contributed by atoms with Crippen LogP contribution in [0.5, 0.6) is 0 Å². The van der Waals surface area contributed by atoms with Crippen molar-refractivity contribution in [2.75, 3.05) is 31.4 Å². The fourth-order valence-corrected chi connectivity index (χ4v) is 1.48. The van der Waals surface area contributed by atoms with E-state index in [2.05, 4.69) is 22.2 Å². The molecule has 78 valence electrons. The van der Waals surface area contributed by atoms with Crippen molar-refractivity contribution >= 4 is 11.6 Å². The molecule has 0 aliphatic rings. The molecule has 0 saturated carbocycles. The minimum atomic E-state index is 0.801. The topological polar surface area (TPSA) is 41.1 Å². The second kappa shape index (κ2) is 4.26. The highest BCUT2D eigenvalue weighted by Crippen LogP contribution is 2.22. The van der Waals surface area contributed by atoms with Crippen molar-refractivity contribution in [2.24, 2.45) is 0 Å². The Bertz CT molecular complexity index is 320. The first-order valence-electron chi connectivity index (χ1n) is 4.82. The molecule has 4 heteroatoms. The van der Waals surface area contributed by atoms with Crippen LogP contribution in [0.25, 0.3) is 0 Å². The minimum absolute atomic E-state index is 0.801. The first-order chi connectivity index (χ1) is 6.60. The summed E-state index contributed by atoms with van der Waals surface area (Å²) in [5, 5.41) is 3.10. The normalized spacial score (nSPS) is 10.1. The number of nitrogens with one attached hydrogen (secondary N) is 1. The van der Waals surface area contributed by atoms with Gasteiger partial charge in [-0.25, -0.2) is 9.97 Å². The highest BCUT2D eigenvalue weighted by Gasteiger charge is 2.11. The number of rotatable bonds is 3. The van der Waals surface area contributed by atoms with Crippen molar-refractivity contribution in [2.45, 2.75) is 20.3 Å². The smallest absolute Gasteiger partial charge is 0.137 e. The molecule has 0 atom stereocenters. The SMILES string of the molecule is CCc1c(NC)nc(C)nc1N(C)C. The zero-order valence-electron chi connectivity index (χ0n) is 9.55. The maximum Gasteiger partial charge on any atom is 0.137 e. The van der Waals surface area contributed by atoms with E-state index < -0.39 is 0 Å². The predicted molar refractivity (Wildman–Crippen MR) is 60.0 cm³/mol. The molecule has 0 fully saturated rings. The van der Waals surface area contributed by atoms with Gasteiger partial charge in [0.25, 0.3) is 0 Å². The molecule has 0 amide bonds. The van der Waals surface area contributed by atoms with E-state index in [1.807, 2.05) is 33.0 Å². The number of nitrogens with zero attached hydrogens (tertiary/aromatic N) is 3. The van der Waals surface area contributed by atoms with Crippen molar-refractivity contribution in [1.29, 1.82) is 0 Å². The Labute approximate surface area is 85.4 Å². The van der Waals surface area contributed by atoms with Crippen molar-refractivity contribution in [3.8, 4) is 0 Å². The van der Waals surface area contributed by atoms with Gasteiger partial charge in [0.05, 0.1) is 0 Å². The van der Waals surface area contributed by atoms with Crippen LogP contribution in [0.4, 0.5) is 11.6 Å². The van der Waals surface area contributed by atoms with Crippen LogP contribution in [0.1, 0.15) is 18.3 Å². The Morgan fingerprint density at radius 2 is 1.93 bits per heavy atom. The summed E-state index contributed by atoms with van der Waals surface area (Å²) in [5.41, 5.74) is 1.17. The van der Waals surface area contributed by atoms with Crippen LogP contribution in [0.15, 0.2) is 0 Å². The number of aryl methyl sites for hydroxylation is 1. The molecule has 1 aromatic heterocycles. The molecule has 0 aliphatic carbocycles. The van der Waals surface area contributed by atoms with Gasteiger partial charge in [-0.3, -0.25) is 0 Å². The standard InChI is InChI=1S/C10H18N4/c1-6-8-9(11-3)12-7(2)13-10(8)14(4)5/h6H2,1-5H3,(H,11,12,13). The predicted octanol–water partition coefficient (Wildman–Crippen LogP) is 1.46. The number of hydrogen-bond donors (Lipinski definition) is 1. The van der Waals surface area contributed by atoms with Crippen LogP contribution in [0.2, 0.25) is 0 Å². The van der Waals surface area contributed by atoms with E-state index in [1.54, 1.807) is 0 Å². The maximum absolute atomic E-state index is 4.43. The van der Waals surface area contributed by atoms with Gasteiger partial charge in [-0.05, 0) is 13.3 Å². The summed E-state index contributed by atoms with van der Waals surface area (Å²) < 4.78 is 0. The molecule has 0 saturated heterocycles. The lowest BCUT2D eigenvalue weighted by Crippen LogP contribution is -2.16. The Balaban J connectivity index is 3.31. The van der Waals surface area contributed by atoms with E-state index in [1.165, 1.54) is 5.56 Å². The molecule has 1 N–H and O–H groups in total. The maximum atomic E-state index is 4.43. The highest BCUT2D eigenvalue weighted by atomic mass is 15.2. The summed E-state index contributed by atoms with van der Waals surface area (Å²) in [4.78, 5) is 10.8. The first kappa shape index (κ1) is 10.8. The fraction of sp³-hybridized carbons (Fsp3) is 0.600. The third-order valence-electron chi connectivity index (χ3n) is 2.11. The van der Waals surface area contributed by atoms with Crippen LogP contribution >= 0.6 is 0 Å². The van der Waals surface area contributed by atoms with Gasteiger partial charge in [0, 0.05) is 26.7 Å². The van der Waals surface area contributed by atoms with Crippen LogP contribution in [0, 0.1) is 6.92 Å². The number of aromatic nitrogens is 2. The molecule has 14 heavy (non-hydrogen) atoms. The molecule has 4 nitrogen and oxygen atoms in total. The van der Waals surface area contributed by atoms with E-state index in [9.17, 15) is 0 Å². The average Bonchev–Trinajstić information content (AvgIpc) is 2.16. The van der Waals surface area contributed by atoms with Crippen LogP contribution in [-0.2, 0) is 6.42 Å². The molecule has 0 unspecified atom stereocenters. The average molecular weight is 194 g/mol. The third-order valence-corrected chi connectivity index (χ3v) is 2.11. The van der Waals surface area contributed by atoms with E-state index in [4.69, 9.17) is 0 Å². The van der Waals surface area contributed by atoms with E-state index in [0.717, 1.165) is 23.9 Å². The van der Waals surface area contributed by atoms with Crippen molar-refractivity contribution in [3.05, 3.63) is 11.4 Å². The third kappa shape index (κ3) is 1.95. The fourth-order valence-electron chi connectivity index (χ4n) is 1.48. The summed E-state index contributed by atoms with van der Waals surface area (Å²) in [6.07, 6.45) is 0.934. The van der Waals surface area contributed by atoms with Gasteiger partial charge in [-0.2, -0.15) is 0 Å². The van der Waals surface area contributed by atoms with Crippen LogP contribution < -0.4 is 10.2 Å². The summed E-state index contributed by atoms with van der Waals surface area (Å²) in [6, 6.07) is 0. The molecular weight excluding hydrogens is 176 g/mol. The molecule has 1 heterocycles. The van der Waals surface area contributed by atoms with Gasteiger partial charge < -0.3 is 10.2 Å². The van der Waals surface area contributed by atoms with E-state index in [-0.39, 0.29) is 0 Å². The quantitative estimate of drug-likeness (QED) is 0.791. The Hall–Kier alpha value is -1.32. The summed E-state index contributed by atoms with van der Waals surface area (Å²) in [7, 11) is 5.89. The Kier molecular flexibility index (Phi) is 3.28. The minimum Gasteiger partial charge on any atom is -0.373 e. The van der Waals surface area contributed by atoms with Crippen LogP contribution in [-0.4, -0.2) is 31.1 Å². The zero-order valence-corrected chi connectivity index (χ0v) is 9.55. The van der Waals surface area contributed by atoms with Gasteiger partial charge in [-0.1, -0.05) is 6.92 Å². The Morgan fingerprint density at radius 3 is 2.36 bits per heavy atom. The monoisotopic (exact) mass is 194 g/mol. The van der Waals surface area contributed by atoms with E-state index >= 15 is 0 Å². The Morgan fingerprint density at radius 1 is 1.29 bits per heavy atom. The molecule has 0 aromatic carbocycles. The molecule has 0 spiro atoms. The lowest BCUT2D eigenvalue weighted by Gasteiger charge is -2.18. The van der Waals surface area contributed by atoms with Crippen LogP contribution in [0.3, 0.4) is 0 Å². The molecule has 0 bridgehead atoms. The largest absolute Gasteiger partial charge is 0.373 e. The molecule has 1 aromatic rings. The van der Waals surface area contributed by atoms with Gasteiger partial charge in [0.15, 0.2) is 0 Å². The van der Waals surface area contributed by atoms with Gasteiger partial charge in [0.1, 0.15) is 17.5 Å². The summed E-state index contributed by atoms with van der Waals surface area (Å²) in [6.45, 7) is 4.02. The first-order valence-corrected chi connectivity index (χ1v) is 4.82. The lowest BCUT2D eigenvalue weighted by molar-refractivity contribution is 0.942. The summed E-state index contributed by atoms with van der Waals surface area (Å²) in [5.74, 6) is 2.74. The van der Waals surface area contributed by atoms with Gasteiger partial charge in [-0.15, -0.1) is 0 Å². The van der Waals surface area contributed by atoms with Crippen molar-refractivity contribution in [1.82, 2.24) is 9.97 Å². The van der Waals surface area contributed by atoms with Gasteiger partial charge >= 0.3 is 0 Å². The second-order valence-electron chi connectivity index (χ2n) is 3.42.